The predicted molar refractivity (Wildman–Crippen MR) is 65.9 cm³/mol. The second-order valence-electron chi connectivity index (χ2n) is 5.53. The Bertz CT molecular complexity index is 374. The normalized spacial score (nSPS) is 19.2. The van der Waals surface area contributed by atoms with Crippen LogP contribution in [0.15, 0.2) is 4.52 Å². The average molecular weight is 254 g/mol. The topological polar surface area (TPSA) is 68.4 Å². The summed E-state index contributed by atoms with van der Waals surface area (Å²) >= 11 is 0. The molecule has 0 spiro atoms. The summed E-state index contributed by atoms with van der Waals surface area (Å²) in [5, 5.41) is 13.8. The molecule has 1 saturated carbocycles. The van der Waals surface area contributed by atoms with Crippen LogP contribution in [0.5, 0.6) is 0 Å². The highest BCUT2D eigenvalue weighted by Crippen LogP contribution is 2.41. The summed E-state index contributed by atoms with van der Waals surface area (Å²) in [7, 11) is 1.67. The molecule has 1 aromatic rings. The summed E-state index contributed by atoms with van der Waals surface area (Å²) in [5.74, 6) is 2.11. The highest BCUT2D eigenvalue weighted by atomic mass is 16.5. The molecule has 18 heavy (non-hydrogen) atoms. The molecule has 1 N–H and O–H groups in total. The largest absolute Gasteiger partial charge is 0.393 e. The van der Waals surface area contributed by atoms with Gasteiger partial charge in [-0.1, -0.05) is 19.0 Å². The number of methoxy groups -OCH3 is 1. The monoisotopic (exact) mass is 254 g/mol. The molecule has 5 nitrogen and oxygen atoms in total. The maximum absolute atomic E-state index is 9.84. The van der Waals surface area contributed by atoms with Crippen molar-refractivity contribution in [2.24, 2.45) is 11.8 Å². The van der Waals surface area contributed by atoms with E-state index in [2.05, 4.69) is 24.0 Å². The first-order valence-corrected chi connectivity index (χ1v) is 6.63. The number of hydrogen-bond donors (Lipinski definition) is 1. The molecule has 5 heteroatoms. The van der Waals surface area contributed by atoms with Crippen LogP contribution in [0.25, 0.3) is 0 Å². The minimum Gasteiger partial charge on any atom is -0.393 e. The van der Waals surface area contributed by atoms with Gasteiger partial charge in [0.2, 0.25) is 11.7 Å². The van der Waals surface area contributed by atoms with Gasteiger partial charge in [-0.25, -0.2) is 0 Å². The minimum atomic E-state index is -0.416. The third-order valence-electron chi connectivity index (χ3n) is 3.20. The Labute approximate surface area is 108 Å². The highest BCUT2D eigenvalue weighted by molar-refractivity contribution is 4.98. The zero-order valence-electron chi connectivity index (χ0n) is 11.3. The van der Waals surface area contributed by atoms with E-state index in [1.54, 1.807) is 7.11 Å². The van der Waals surface area contributed by atoms with Gasteiger partial charge in [-0.05, 0) is 31.1 Å². The van der Waals surface area contributed by atoms with Crippen LogP contribution in [0.3, 0.4) is 0 Å². The number of hydrogen-bond acceptors (Lipinski definition) is 5. The lowest BCUT2D eigenvalue weighted by Crippen LogP contribution is -2.13. The molecule has 2 rings (SSSR count). The van der Waals surface area contributed by atoms with E-state index >= 15 is 0 Å². The van der Waals surface area contributed by atoms with E-state index < -0.39 is 6.10 Å². The summed E-state index contributed by atoms with van der Waals surface area (Å²) in [4.78, 5) is 4.33. The molecule has 1 fully saturated rings. The number of nitrogens with zero attached hydrogens (tertiary/aromatic N) is 2. The van der Waals surface area contributed by atoms with Crippen molar-refractivity contribution < 1.29 is 14.4 Å². The first-order valence-electron chi connectivity index (χ1n) is 6.63. The highest BCUT2D eigenvalue weighted by Gasteiger charge is 2.35. The van der Waals surface area contributed by atoms with Crippen molar-refractivity contribution in [1.82, 2.24) is 10.1 Å². The maximum Gasteiger partial charge on any atom is 0.229 e. The number of rotatable bonds is 7. The lowest BCUT2D eigenvalue weighted by molar-refractivity contribution is 0.0751. The van der Waals surface area contributed by atoms with Crippen LogP contribution < -0.4 is 0 Å². The fraction of sp³-hybridized carbons (Fsp3) is 0.846. The molecule has 1 aromatic heterocycles. The molecule has 0 bridgehead atoms. The molecule has 1 heterocycles. The Hall–Kier alpha value is -0.940. The average Bonchev–Trinajstić information content (AvgIpc) is 3.00. The number of aliphatic hydroxyl groups is 1. The first-order chi connectivity index (χ1) is 8.60. The maximum atomic E-state index is 9.84. The molecule has 0 saturated heterocycles. The van der Waals surface area contributed by atoms with Crippen LogP contribution in [-0.4, -0.2) is 28.5 Å². The summed E-state index contributed by atoms with van der Waals surface area (Å²) in [5.41, 5.74) is 0. The molecule has 102 valence electrons. The third-order valence-corrected chi connectivity index (χ3v) is 3.20. The molecule has 0 amide bonds. The molecule has 0 aliphatic heterocycles. The van der Waals surface area contributed by atoms with Crippen molar-refractivity contribution in [3.8, 4) is 0 Å². The van der Waals surface area contributed by atoms with Crippen LogP contribution in [0, 0.1) is 11.8 Å². The van der Waals surface area contributed by atoms with Gasteiger partial charge in [0.25, 0.3) is 0 Å². The van der Waals surface area contributed by atoms with E-state index in [9.17, 15) is 5.11 Å². The second kappa shape index (κ2) is 5.80. The van der Waals surface area contributed by atoms with E-state index in [0.717, 1.165) is 6.42 Å². The molecule has 2 unspecified atom stereocenters. The molecule has 0 aromatic carbocycles. The fourth-order valence-electron chi connectivity index (χ4n) is 2.20. The van der Waals surface area contributed by atoms with Crippen LogP contribution in [0.2, 0.25) is 0 Å². The SMILES string of the molecule is COC(c1noc(CC(O)CC(C)C)n1)C1CC1. The Morgan fingerprint density at radius 1 is 1.44 bits per heavy atom. The van der Waals surface area contributed by atoms with Gasteiger partial charge in [0.05, 0.1) is 12.5 Å². The Kier molecular flexibility index (Phi) is 4.35. The van der Waals surface area contributed by atoms with Gasteiger partial charge < -0.3 is 14.4 Å². The van der Waals surface area contributed by atoms with Gasteiger partial charge in [-0.3, -0.25) is 0 Å². The molecular weight excluding hydrogens is 232 g/mol. The van der Waals surface area contributed by atoms with Gasteiger partial charge in [-0.15, -0.1) is 0 Å². The Morgan fingerprint density at radius 3 is 2.72 bits per heavy atom. The number of aromatic nitrogens is 2. The smallest absolute Gasteiger partial charge is 0.229 e. The van der Waals surface area contributed by atoms with Gasteiger partial charge in [0, 0.05) is 7.11 Å². The van der Waals surface area contributed by atoms with Crippen molar-refractivity contribution >= 4 is 0 Å². The molecule has 0 radical (unpaired) electrons. The number of ether oxygens (including phenoxy) is 1. The lowest BCUT2D eigenvalue weighted by atomic mass is 10.0. The Morgan fingerprint density at radius 2 is 2.17 bits per heavy atom. The number of aliphatic hydroxyl groups excluding tert-OH is 1. The Balaban J connectivity index is 1.92. The van der Waals surface area contributed by atoms with Crippen LogP contribution in [0.4, 0.5) is 0 Å². The zero-order valence-corrected chi connectivity index (χ0v) is 11.3. The summed E-state index contributed by atoms with van der Waals surface area (Å²) < 4.78 is 10.6. The van der Waals surface area contributed by atoms with Crippen molar-refractivity contribution in [2.75, 3.05) is 7.11 Å². The van der Waals surface area contributed by atoms with Crippen molar-refractivity contribution in [3.05, 3.63) is 11.7 Å². The van der Waals surface area contributed by atoms with Crippen molar-refractivity contribution in [2.45, 2.75) is 51.7 Å². The van der Waals surface area contributed by atoms with E-state index in [-0.39, 0.29) is 6.10 Å². The van der Waals surface area contributed by atoms with Crippen LogP contribution in [-0.2, 0) is 11.2 Å². The van der Waals surface area contributed by atoms with E-state index in [0.29, 0.717) is 30.0 Å². The predicted octanol–water partition coefficient (Wildman–Crippen LogP) is 2.12. The lowest BCUT2D eigenvalue weighted by Gasteiger charge is -2.10. The summed E-state index contributed by atoms with van der Waals surface area (Å²) in [6.07, 6.45) is 3.03. The van der Waals surface area contributed by atoms with E-state index in [1.807, 2.05) is 0 Å². The zero-order chi connectivity index (χ0) is 13.1. The third kappa shape index (κ3) is 3.53. The molecule has 1 aliphatic rings. The quantitative estimate of drug-likeness (QED) is 0.807. The van der Waals surface area contributed by atoms with Gasteiger partial charge in [0.15, 0.2) is 0 Å². The molecule has 1 aliphatic carbocycles. The second-order valence-corrected chi connectivity index (χ2v) is 5.53. The first kappa shape index (κ1) is 13.5. The van der Waals surface area contributed by atoms with Gasteiger partial charge in [0.1, 0.15) is 6.10 Å². The van der Waals surface area contributed by atoms with Crippen LogP contribution in [0.1, 0.15) is 50.9 Å². The van der Waals surface area contributed by atoms with E-state index in [4.69, 9.17) is 9.26 Å². The minimum absolute atomic E-state index is 0.0512. The summed E-state index contributed by atoms with van der Waals surface area (Å²) in [6, 6.07) is 0. The fourth-order valence-corrected chi connectivity index (χ4v) is 2.20. The van der Waals surface area contributed by atoms with Crippen LogP contribution >= 0.6 is 0 Å². The van der Waals surface area contributed by atoms with Crippen molar-refractivity contribution in [3.63, 3.8) is 0 Å². The van der Waals surface area contributed by atoms with Crippen molar-refractivity contribution in [1.29, 1.82) is 0 Å². The van der Waals surface area contributed by atoms with E-state index in [1.165, 1.54) is 12.8 Å². The standard InChI is InChI=1S/C13H22N2O3/c1-8(2)6-10(16)7-11-14-13(15-18-11)12(17-3)9-4-5-9/h8-10,12,16H,4-7H2,1-3H3. The molecule has 2 atom stereocenters. The van der Waals surface area contributed by atoms with Gasteiger partial charge >= 0.3 is 0 Å². The molecular formula is C13H22N2O3. The van der Waals surface area contributed by atoms with Gasteiger partial charge in [-0.2, -0.15) is 4.98 Å². The summed E-state index contributed by atoms with van der Waals surface area (Å²) in [6.45, 7) is 4.16.